The Morgan fingerprint density at radius 1 is 1.37 bits per heavy atom. The predicted octanol–water partition coefficient (Wildman–Crippen LogP) is 1.63. The fourth-order valence-electron chi connectivity index (χ4n) is 3.07. The molecule has 3 atom stereocenters. The van der Waals surface area contributed by atoms with E-state index in [0.717, 1.165) is 0 Å². The van der Waals surface area contributed by atoms with Gasteiger partial charge in [0.05, 0.1) is 7.11 Å². The number of carbonyl (C=O) groups is 2. The highest BCUT2D eigenvalue weighted by atomic mass is 16.5. The van der Waals surface area contributed by atoms with E-state index in [1.54, 1.807) is 6.07 Å². The molecule has 3 rings (SSSR count). The standard InChI is InChI=1S/C14H14O5/c1-6-3-10(16)13-11(6)8-4-7(18-2)5-9(15)12(8)14(17)19-13/h4-6,11,13,15H,3H2,1-2H3. The molecule has 0 bridgehead atoms. The molecular weight excluding hydrogens is 248 g/mol. The molecule has 5 heteroatoms. The minimum atomic E-state index is -0.721. The highest BCUT2D eigenvalue weighted by Gasteiger charge is 2.49. The summed E-state index contributed by atoms with van der Waals surface area (Å²) in [6, 6.07) is 3.09. The van der Waals surface area contributed by atoms with Gasteiger partial charge in [0.1, 0.15) is 17.1 Å². The number of rotatable bonds is 1. The molecule has 0 aromatic heterocycles. The molecule has 1 aliphatic heterocycles. The number of phenolic OH excluding ortho intramolecular Hbond substituents is 1. The van der Waals surface area contributed by atoms with E-state index in [9.17, 15) is 14.7 Å². The molecule has 1 aromatic rings. The van der Waals surface area contributed by atoms with Gasteiger partial charge in [0.2, 0.25) is 0 Å². The van der Waals surface area contributed by atoms with E-state index in [2.05, 4.69) is 0 Å². The monoisotopic (exact) mass is 262 g/mol. The molecule has 1 aliphatic carbocycles. The van der Waals surface area contributed by atoms with Gasteiger partial charge in [-0.2, -0.15) is 0 Å². The van der Waals surface area contributed by atoms with Crippen molar-refractivity contribution in [2.75, 3.05) is 7.11 Å². The lowest BCUT2D eigenvalue weighted by molar-refractivity contribution is -0.125. The molecule has 100 valence electrons. The number of benzene rings is 1. The van der Waals surface area contributed by atoms with E-state index in [4.69, 9.17) is 9.47 Å². The van der Waals surface area contributed by atoms with Gasteiger partial charge in [-0.05, 0) is 17.5 Å². The van der Waals surface area contributed by atoms with Crippen LogP contribution in [0.5, 0.6) is 11.5 Å². The van der Waals surface area contributed by atoms with E-state index < -0.39 is 12.1 Å². The molecule has 1 N–H and O–H groups in total. The molecule has 19 heavy (non-hydrogen) atoms. The van der Waals surface area contributed by atoms with E-state index in [1.807, 2.05) is 6.92 Å². The summed E-state index contributed by atoms with van der Waals surface area (Å²) in [5.74, 6) is -0.504. The number of methoxy groups -OCH3 is 1. The first-order valence-corrected chi connectivity index (χ1v) is 6.17. The number of hydrogen-bond donors (Lipinski definition) is 1. The SMILES string of the molecule is COc1cc(O)c2c(c1)C1C(C)CC(=O)C1OC2=O. The van der Waals surface area contributed by atoms with Crippen LogP contribution in [0.25, 0.3) is 0 Å². The Kier molecular flexibility index (Phi) is 2.52. The van der Waals surface area contributed by atoms with E-state index in [1.165, 1.54) is 13.2 Å². The molecule has 1 fully saturated rings. The number of ketones is 1. The third-order valence-corrected chi connectivity index (χ3v) is 3.93. The predicted molar refractivity (Wildman–Crippen MR) is 65.4 cm³/mol. The third kappa shape index (κ3) is 1.61. The molecule has 3 unspecified atom stereocenters. The average Bonchev–Trinajstić information content (AvgIpc) is 2.64. The zero-order valence-corrected chi connectivity index (χ0v) is 10.7. The van der Waals surface area contributed by atoms with Crippen LogP contribution in [-0.4, -0.2) is 30.1 Å². The topological polar surface area (TPSA) is 72.8 Å². The second kappa shape index (κ2) is 3.98. The van der Waals surface area contributed by atoms with E-state index >= 15 is 0 Å². The molecule has 0 saturated heterocycles. The van der Waals surface area contributed by atoms with Crippen molar-refractivity contribution in [2.24, 2.45) is 5.92 Å². The van der Waals surface area contributed by atoms with Gasteiger partial charge in [-0.15, -0.1) is 0 Å². The Morgan fingerprint density at radius 2 is 2.11 bits per heavy atom. The normalized spacial score (nSPS) is 28.6. The molecule has 0 amide bonds. The second-order valence-electron chi connectivity index (χ2n) is 5.11. The van der Waals surface area contributed by atoms with Crippen LogP contribution < -0.4 is 4.74 Å². The fraction of sp³-hybridized carbons (Fsp3) is 0.429. The van der Waals surface area contributed by atoms with Crippen LogP contribution in [0.1, 0.15) is 35.2 Å². The van der Waals surface area contributed by atoms with Gasteiger partial charge < -0.3 is 14.6 Å². The quantitative estimate of drug-likeness (QED) is 0.779. The average molecular weight is 262 g/mol. The van der Waals surface area contributed by atoms with Crippen LogP contribution in [0.4, 0.5) is 0 Å². The van der Waals surface area contributed by atoms with Crippen LogP contribution in [0.2, 0.25) is 0 Å². The fourth-order valence-corrected chi connectivity index (χ4v) is 3.07. The summed E-state index contributed by atoms with van der Waals surface area (Å²) in [5.41, 5.74) is 0.806. The minimum absolute atomic E-state index is 0.0567. The molecule has 0 spiro atoms. The van der Waals surface area contributed by atoms with Crippen LogP contribution in [0.3, 0.4) is 0 Å². The number of hydrogen-bond acceptors (Lipinski definition) is 5. The van der Waals surface area contributed by atoms with Crippen LogP contribution in [-0.2, 0) is 9.53 Å². The number of fused-ring (bicyclic) bond motifs is 3. The Hall–Kier alpha value is -2.04. The second-order valence-corrected chi connectivity index (χ2v) is 5.11. The molecule has 0 radical (unpaired) electrons. The van der Waals surface area contributed by atoms with Crippen molar-refractivity contribution in [3.63, 3.8) is 0 Å². The minimum Gasteiger partial charge on any atom is -0.507 e. The number of aromatic hydroxyl groups is 1. The van der Waals surface area contributed by atoms with Crippen molar-refractivity contribution in [3.8, 4) is 11.5 Å². The molecule has 1 aromatic carbocycles. The summed E-state index contributed by atoms with van der Waals surface area (Å²) in [6.07, 6.45) is -0.332. The Bertz CT molecular complexity index is 577. The van der Waals surface area contributed by atoms with Crippen molar-refractivity contribution < 1.29 is 24.2 Å². The summed E-state index contributed by atoms with van der Waals surface area (Å²) in [6.45, 7) is 1.95. The van der Waals surface area contributed by atoms with E-state index in [0.29, 0.717) is 17.7 Å². The van der Waals surface area contributed by atoms with Crippen molar-refractivity contribution in [1.82, 2.24) is 0 Å². The van der Waals surface area contributed by atoms with Gasteiger partial charge in [-0.25, -0.2) is 4.79 Å². The summed E-state index contributed by atoms with van der Waals surface area (Å²) < 4.78 is 10.3. The molecule has 1 heterocycles. The Morgan fingerprint density at radius 3 is 2.79 bits per heavy atom. The van der Waals surface area contributed by atoms with Crippen molar-refractivity contribution in [2.45, 2.75) is 25.4 Å². The first-order chi connectivity index (χ1) is 9.02. The molecule has 1 saturated carbocycles. The molecule has 2 aliphatic rings. The Balaban J connectivity index is 2.21. The van der Waals surface area contributed by atoms with Crippen molar-refractivity contribution in [1.29, 1.82) is 0 Å². The van der Waals surface area contributed by atoms with Crippen LogP contribution >= 0.6 is 0 Å². The molecular formula is C14H14O5. The van der Waals surface area contributed by atoms with Gasteiger partial charge in [0.25, 0.3) is 0 Å². The number of Topliss-reactive ketones (excluding diaryl/α,β-unsaturated/α-hetero) is 1. The zero-order chi connectivity index (χ0) is 13.7. The molecule has 5 nitrogen and oxygen atoms in total. The van der Waals surface area contributed by atoms with Gasteiger partial charge >= 0.3 is 5.97 Å². The number of carbonyl (C=O) groups excluding carboxylic acids is 2. The summed E-state index contributed by atoms with van der Waals surface area (Å²) >= 11 is 0. The maximum Gasteiger partial charge on any atom is 0.342 e. The smallest absolute Gasteiger partial charge is 0.342 e. The van der Waals surface area contributed by atoms with Gasteiger partial charge in [-0.1, -0.05) is 6.92 Å². The maximum atomic E-state index is 11.9. The van der Waals surface area contributed by atoms with Crippen LogP contribution in [0.15, 0.2) is 12.1 Å². The first kappa shape index (κ1) is 12.0. The Labute approximate surface area is 110 Å². The van der Waals surface area contributed by atoms with Gasteiger partial charge in [0.15, 0.2) is 11.9 Å². The van der Waals surface area contributed by atoms with Gasteiger partial charge in [-0.3, -0.25) is 4.79 Å². The summed E-state index contributed by atoms with van der Waals surface area (Å²) in [7, 11) is 1.49. The number of phenols is 1. The maximum absolute atomic E-state index is 11.9. The highest BCUT2D eigenvalue weighted by Crippen LogP contribution is 2.47. The lowest BCUT2D eigenvalue weighted by Crippen LogP contribution is -2.34. The third-order valence-electron chi connectivity index (χ3n) is 3.93. The summed E-state index contributed by atoms with van der Waals surface area (Å²) in [4.78, 5) is 23.8. The zero-order valence-electron chi connectivity index (χ0n) is 10.7. The lowest BCUT2D eigenvalue weighted by Gasteiger charge is -2.29. The summed E-state index contributed by atoms with van der Waals surface area (Å²) in [5, 5.41) is 9.95. The van der Waals surface area contributed by atoms with E-state index in [-0.39, 0.29) is 28.9 Å². The van der Waals surface area contributed by atoms with Crippen LogP contribution in [0, 0.1) is 5.92 Å². The number of esters is 1. The highest BCUT2D eigenvalue weighted by molar-refractivity contribution is 6.00. The van der Waals surface area contributed by atoms with Crippen molar-refractivity contribution >= 4 is 11.8 Å². The van der Waals surface area contributed by atoms with Crippen molar-refractivity contribution in [3.05, 3.63) is 23.3 Å². The first-order valence-electron chi connectivity index (χ1n) is 6.17. The lowest BCUT2D eigenvalue weighted by atomic mass is 9.83. The largest absolute Gasteiger partial charge is 0.507 e. The number of ether oxygens (including phenoxy) is 2. The van der Waals surface area contributed by atoms with Gasteiger partial charge in [0, 0.05) is 18.4 Å².